The Morgan fingerprint density at radius 3 is 2.55 bits per heavy atom. The number of nitrogens with zero attached hydrogens (tertiary/aromatic N) is 1. The van der Waals surface area contributed by atoms with E-state index in [-0.39, 0.29) is 25.6 Å². The van der Waals surface area contributed by atoms with Crippen molar-refractivity contribution in [2.45, 2.75) is 24.7 Å². The fraction of sp³-hybridized carbons (Fsp3) is 1.00. The Morgan fingerprint density at radius 2 is 2.09 bits per heavy atom. The lowest BCUT2D eigenvalue weighted by Crippen LogP contribution is -2.52. The summed E-state index contributed by atoms with van der Waals surface area (Å²) in [5.74, 6) is -1.81. The number of hydrogen-bond acceptors (Lipinski definition) is 5. The number of β-amino-alcohol motifs (C(OH)–C–C–N with tert-alkyl or cyclic N) is 2. The molecule has 1 unspecified atom stereocenters. The second kappa shape index (κ2) is 3.04. The summed E-state index contributed by atoms with van der Waals surface area (Å²) in [6.45, 7) is -0.384. The number of aliphatic hydroxyl groups excluding tert-OH is 1. The fourth-order valence-corrected chi connectivity index (χ4v) is 1.20. The van der Waals surface area contributed by atoms with Crippen LogP contribution in [0, 0.1) is 0 Å². The maximum Gasteiger partial charge on any atom is 0.178 e. The number of rotatable bonds is 1. The Kier molecular flexibility index (Phi) is 2.46. The molecule has 1 rings (SSSR count). The maximum atomic E-state index is 9.06. The van der Waals surface area contributed by atoms with Crippen molar-refractivity contribution < 1.29 is 20.5 Å². The summed E-state index contributed by atoms with van der Waals surface area (Å²) in [5, 5.41) is 36.6. The third kappa shape index (κ3) is 2.11. The van der Waals surface area contributed by atoms with Crippen LogP contribution in [0.2, 0.25) is 0 Å². The molecule has 0 bridgehead atoms. The Bertz CT molecular complexity index is 139. The van der Waals surface area contributed by atoms with Crippen molar-refractivity contribution in [3.63, 3.8) is 0 Å². The highest BCUT2D eigenvalue weighted by molar-refractivity contribution is 4.80. The van der Waals surface area contributed by atoms with Crippen molar-refractivity contribution in [3.05, 3.63) is 0 Å². The molecular weight excluding hydrogens is 150 g/mol. The van der Waals surface area contributed by atoms with Gasteiger partial charge >= 0.3 is 0 Å². The highest BCUT2D eigenvalue weighted by atomic mass is 16.5. The zero-order valence-corrected chi connectivity index (χ0v) is 6.14. The van der Waals surface area contributed by atoms with Gasteiger partial charge in [0.05, 0.1) is 19.2 Å². The van der Waals surface area contributed by atoms with Gasteiger partial charge in [0.2, 0.25) is 0 Å². The van der Waals surface area contributed by atoms with Crippen LogP contribution in [-0.4, -0.2) is 50.6 Å². The zero-order valence-electron chi connectivity index (χ0n) is 6.14. The lowest BCUT2D eigenvalue weighted by Gasteiger charge is -2.36. The first-order valence-electron chi connectivity index (χ1n) is 3.56. The molecule has 0 spiro atoms. The van der Waals surface area contributed by atoms with Crippen LogP contribution < -0.4 is 0 Å². The van der Waals surface area contributed by atoms with Crippen molar-refractivity contribution in [2.75, 3.05) is 13.2 Å². The first kappa shape index (κ1) is 8.89. The highest BCUT2D eigenvalue weighted by Gasteiger charge is 2.35. The predicted octanol–water partition coefficient (Wildman–Crippen LogP) is -1.49. The molecule has 5 heteroatoms. The van der Waals surface area contributed by atoms with E-state index in [1.165, 1.54) is 0 Å². The van der Waals surface area contributed by atoms with Gasteiger partial charge in [0.15, 0.2) is 5.79 Å². The predicted molar refractivity (Wildman–Crippen MR) is 35.8 cm³/mol. The van der Waals surface area contributed by atoms with Crippen LogP contribution in [0.15, 0.2) is 0 Å². The minimum atomic E-state index is -1.81. The van der Waals surface area contributed by atoms with E-state index in [4.69, 9.17) is 20.5 Å². The van der Waals surface area contributed by atoms with Crippen LogP contribution in [0.3, 0.4) is 0 Å². The van der Waals surface area contributed by atoms with Gasteiger partial charge in [-0.05, 0) is 6.42 Å². The van der Waals surface area contributed by atoms with E-state index in [9.17, 15) is 0 Å². The Morgan fingerprint density at radius 1 is 1.45 bits per heavy atom. The van der Waals surface area contributed by atoms with E-state index in [0.29, 0.717) is 6.42 Å². The van der Waals surface area contributed by atoms with E-state index >= 15 is 0 Å². The van der Waals surface area contributed by atoms with E-state index in [2.05, 4.69) is 0 Å². The molecular formula is C6H13NO4. The largest absolute Gasteiger partial charge is 0.395 e. The summed E-state index contributed by atoms with van der Waals surface area (Å²) >= 11 is 0. The summed E-state index contributed by atoms with van der Waals surface area (Å²) in [7, 11) is 0. The standard InChI is InChI=1S/C6H13NO4/c8-3-5-1-2-6(9,10)4-7(5)11/h5,8-11H,1-4H2. The topological polar surface area (TPSA) is 84.2 Å². The van der Waals surface area contributed by atoms with Gasteiger partial charge in [-0.2, -0.15) is 5.06 Å². The molecule has 66 valence electrons. The molecule has 0 aromatic carbocycles. The summed E-state index contributed by atoms with van der Waals surface area (Å²) in [6, 6.07) is -0.359. The van der Waals surface area contributed by atoms with Crippen LogP contribution in [-0.2, 0) is 0 Å². The number of piperidine rings is 1. The van der Waals surface area contributed by atoms with Gasteiger partial charge in [0, 0.05) is 6.42 Å². The molecule has 1 fully saturated rings. The van der Waals surface area contributed by atoms with Crippen LogP contribution >= 0.6 is 0 Å². The van der Waals surface area contributed by atoms with Gasteiger partial charge in [0.25, 0.3) is 0 Å². The first-order valence-corrected chi connectivity index (χ1v) is 3.56. The summed E-state index contributed by atoms with van der Waals surface area (Å²) in [4.78, 5) is 0. The molecule has 0 aromatic rings. The SMILES string of the molecule is OCC1CCC(O)(O)CN1O. The monoisotopic (exact) mass is 163 g/mol. The van der Waals surface area contributed by atoms with Gasteiger partial charge in [-0.3, -0.25) is 0 Å². The Labute approximate surface area is 64.4 Å². The fourth-order valence-electron chi connectivity index (χ4n) is 1.20. The zero-order chi connectivity index (χ0) is 8.48. The normalized spacial score (nSPS) is 32.2. The molecule has 4 N–H and O–H groups in total. The van der Waals surface area contributed by atoms with Gasteiger partial charge in [-0.15, -0.1) is 0 Å². The second-order valence-corrected chi connectivity index (χ2v) is 2.96. The molecule has 0 aliphatic carbocycles. The molecule has 0 aromatic heterocycles. The van der Waals surface area contributed by atoms with Crippen molar-refractivity contribution >= 4 is 0 Å². The number of hydroxylamine groups is 2. The van der Waals surface area contributed by atoms with Crippen LogP contribution in [0.4, 0.5) is 0 Å². The summed E-state index contributed by atoms with van der Waals surface area (Å²) < 4.78 is 0. The van der Waals surface area contributed by atoms with Crippen LogP contribution in [0.5, 0.6) is 0 Å². The number of aliphatic hydroxyl groups is 3. The van der Waals surface area contributed by atoms with Crippen LogP contribution in [0.25, 0.3) is 0 Å². The lowest BCUT2D eigenvalue weighted by molar-refractivity contribution is -0.268. The van der Waals surface area contributed by atoms with Crippen molar-refractivity contribution in [3.8, 4) is 0 Å². The Balaban J connectivity index is 2.48. The molecule has 11 heavy (non-hydrogen) atoms. The van der Waals surface area contributed by atoms with Gasteiger partial charge in [-0.25, -0.2) is 0 Å². The minimum Gasteiger partial charge on any atom is -0.395 e. The van der Waals surface area contributed by atoms with E-state index < -0.39 is 5.79 Å². The van der Waals surface area contributed by atoms with Gasteiger partial charge < -0.3 is 20.5 Å². The molecule has 1 aliphatic heterocycles. The number of hydrogen-bond donors (Lipinski definition) is 4. The van der Waals surface area contributed by atoms with Crippen LogP contribution in [0.1, 0.15) is 12.8 Å². The van der Waals surface area contributed by atoms with Gasteiger partial charge in [-0.1, -0.05) is 0 Å². The average molecular weight is 163 g/mol. The van der Waals surface area contributed by atoms with Crippen molar-refractivity contribution in [2.24, 2.45) is 0 Å². The molecule has 1 atom stereocenters. The second-order valence-electron chi connectivity index (χ2n) is 2.96. The van der Waals surface area contributed by atoms with Gasteiger partial charge in [0.1, 0.15) is 0 Å². The smallest absolute Gasteiger partial charge is 0.178 e. The maximum absolute atomic E-state index is 9.06. The quantitative estimate of drug-likeness (QED) is 0.354. The molecule has 0 saturated carbocycles. The van der Waals surface area contributed by atoms with E-state index in [0.717, 1.165) is 5.06 Å². The first-order chi connectivity index (χ1) is 5.05. The Hall–Kier alpha value is -0.200. The van der Waals surface area contributed by atoms with E-state index in [1.807, 2.05) is 0 Å². The summed E-state index contributed by atoms with van der Waals surface area (Å²) in [5.41, 5.74) is 0. The van der Waals surface area contributed by atoms with E-state index in [1.54, 1.807) is 0 Å². The van der Waals surface area contributed by atoms with Crippen molar-refractivity contribution in [1.29, 1.82) is 0 Å². The van der Waals surface area contributed by atoms with Crippen molar-refractivity contribution in [1.82, 2.24) is 5.06 Å². The molecule has 5 nitrogen and oxygen atoms in total. The summed E-state index contributed by atoms with van der Waals surface area (Å²) in [6.07, 6.45) is 0.579. The average Bonchev–Trinajstić information content (AvgIpc) is 1.86. The minimum absolute atomic E-state index is 0.160. The molecule has 1 saturated heterocycles. The third-order valence-corrected chi connectivity index (χ3v) is 1.93. The lowest BCUT2D eigenvalue weighted by atomic mass is 10.0. The molecule has 1 aliphatic rings. The molecule has 0 radical (unpaired) electrons. The third-order valence-electron chi connectivity index (χ3n) is 1.93. The molecule has 1 heterocycles. The highest BCUT2D eigenvalue weighted by Crippen LogP contribution is 2.21. The molecule has 0 amide bonds.